The van der Waals surface area contributed by atoms with Gasteiger partial charge in [-0.3, -0.25) is 42.5 Å². The van der Waals surface area contributed by atoms with Crippen LogP contribution in [0, 0.1) is 0 Å². The van der Waals surface area contributed by atoms with E-state index in [0.717, 1.165) is 71.5 Å². The molecule has 7 aromatic rings. The maximum Gasteiger partial charge on any atom is 0.281 e. The van der Waals surface area contributed by atoms with Gasteiger partial charge >= 0.3 is 0 Å². The number of hydrogen-bond donors (Lipinski definition) is 0. The lowest BCUT2D eigenvalue weighted by Crippen LogP contribution is -2.25. The van der Waals surface area contributed by atoms with Gasteiger partial charge in [0.2, 0.25) is 0 Å². The van der Waals surface area contributed by atoms with Gasteiger partial charge in [-0.15, -0.1) is 0 Å². The second-order valence-electron chi connectivity index (χ2n) is 13.3. The molecule has 0 aliphatic rings. The van der Waals surface area contributed by atoms with Gasteiger partial charge in [0.05, 0.1) is 0 Å². The topological polar surface area (TPSA) is 195 Å². The molecule has 6 heterocycles. The molecule has 0 fully saturated rings. The van der Waals surface area contributed by atoms with Crippen LogP contribution in [0.3, 0.4) is 0 Å². The predicted molar refractivity (Wildman–Crippen MR) is 196 cm³/mol. The fourth-order valence-electron chi connectivity index (χ4n) is 6.93. The minimum absolute atomic E-state index is 0.00428. The van der Waals surface area contributed by atoms with Crippen LogP contribution < -0.4 is 33.4 Å². The predicted octanol–water partition coefficient (Wildman–Crippen LogP) is 3.60. The summed E-state index contributed by atoms with van der Waals surface area (Å²) in [5.74, 6) is 0. The van der Waals surface area contributed by atoms with Gasteiger partial charge in [0, 0.05) is 19.6 Å². The highest BCUT2D eigenvalue weighted by molar-refractivity contribution is 6.20. The normalized spacial score (nSPS) is 12.3. The summed E-state index contributed by atoms with van der Waals surface area (Å²) in [6.07, 6.45) is 10.2. The van der Waals surface area contributed by atoms with E-state index in [0.29, 0.717) is 19.3 Å². The number of hydrogen-bond acceptors (Lipinski definition) is 12. The number of unbranched alkanes of at least 4 members (excludes halogenated alkanes) is 9. The molecular formula is C36H39N9O6. The zero-order valence-corrected chi connectivity index (χ0v) is 29.1. The Labute approximate surface area is 289 Å². The number of benzene rings is 1. The van der Waals surface area contributed by atoms with Gasteiger partial charge in [0.25, 0.3) is 33.4 Å². The standard InChI is InChI=1S/C36H39N9O6/c1-4-7-10-13-16-43-31(46)25-26(32(43)47)38-20-19(37-25)21-23(41-29-27(39-21)33(48)44(35(29)50)17-14-11-8-5-2)24-22(20)40-28-30(42-24)36(51)45(34(28)49)18-15-12-9-6-3/h4-18H2,1-3H3. The molecule has 51 heavy (non-hydrogen) atoms. The molecule has 15 heteroatoms. The largest absolute Gasteiger partial charge is 0.281 e. The summed E-state index contributed by atoms with van der Waals surface area (Å²) >= 11 is 0. The van der Waals surface area contributed by atoms with Gasteiger partial charge in [-0.1, -0.05) is 78.6 Å². The van der Waals surface area contributed by atoms with Crippen molar-refractivity contribution in [2.24, 2.45) is 0 Å². The minimum Gasteiger partial charge on any atom is -0.272 e. The van der Waals surface area contributed by atoms with Gasteiger partial charge in [-0.05, 0) is 19.3 Å². The van der Waals surface area contributed by atoms with Crippen LogP contribution in [0.25, 0.3) is 66.2 Å². The lowest BCUT2D eigenvalue weighted by molar-refractivity contribution is 0.567. The van der Waals surface area contributed by atoms with Crippen molar-refractivity contribution < 1.29 is 0 Å². The quantitative estimate of drug-likeness (QED) is 0.112. The highest BCUT2D eigenvalue weighted by Gasteiger charge is 2.26. The molecule has 264 valence electrons. The zero-order chi connectivity index (χ0) is 36.0. The van der Waals surface area contributed by atoms with Crippen molar-refractivity contribution in [3.8, 4) is 0 Å². The smallest absolute Gasteiger partial charge is 0.272 e. The minimum atomic E-state index is -0.604. The van der Waals surface area contributed by atoms with Crippen molar-refractivity contribution >= 4 is 66.2 Å². The van der Waals surface area contributed by atoms with Crippen molar-refractivity contribution in [3.63, 3.8) is 0 Å². The molecule has 0 N–H and O–H groups in total. The third-order valence-corrected chi connectivity index (χ3v) is 9.75. The van der Waals surface area contributed by atoms with Crippen LogP contribution in [0.1, 0.15) is 97.8 Å². The maximum atomic E-state index is 13.5. The van der Waals surface area contributed by atoms with Gasteiger partial charge < -0.3 is 0 Å². The fraction of sp³-hybridized carbons (Fsp3) is 0.500. The van der Waals surface area contributed by atoms with Crippen LogP contribution in [0.4, 0.5) is 0 Å². The molecule has 0 aliphatic heterocycles. The third kappa shape index (κ3) is 5.58. The van der Waals surface area contributed by atoms with Crippen LogP contribution >= 0.6 is 0 Å². The Morgan fingerprint density at radius 2 is 0.490 bits per heavy atom. The third-order valence-electron chi connectivity index (χ3n) is 9.75. The molecule has 0 atom stereocenters. The van der Waals surface area contributed by atoms with Crippen molar-refractivity contribution in [2.75, 3.05) is 0 Å². The fourth-order valence-corrected chi connectivity index (χ4v) is 6.93. The van der Waals surface area contributed by atoms with E-state index >= 15 is 0 Å². The summed E-state index contributed by atoms with van der Waals surface area (Å²) in [5, 5.41) is 0. The lowest BCUT2D eigenvalue weighted by Gasteiger charge is -2.06. The molecule has 0 saturated carbocycles. The van der Waals surface area contributed by atoms with E-state index in [4.69, 9.17) is 0 Å². The molecular weight excluding hydrogens is 654 g/mol. The summed E-state index contributed by atoms with van der Waals surface area (Å²) in [6, 6.07) is 0. The average Bonchev–Trinajstić information content (AvgIpc) is 3.62. The Hall–Kier alpha value is -5.34. The summed E-state index contributed by atoms with van der Waals surface area (Å²) in [6.45, 7) is 6.79. The van der Waals surface area contributed by atoms with Crippen LogP contribution in [0.5, 0.6) is 0 Å². The van der Waals surface area contributed by atoms with Crippen LogP contribution in [0.2, 0.25) is 0 Å². The maximum absolute atomic E-state index is 13.5. The monoisotopic (exact) mass is 693 g/mol. The Kier molecular flexibility index (Phi) is 9.21. The summed E-state index contributed by atoms with van der Waals surface area (Å²) in [5.41, 5.74) is -4.66. The highest BCUT2D eigenvalue weighted by Crippen LogP contribution is 2.31. The molecule has 0 aliphatic carbocycles. The molecule has 0 radical (unpaired) electrons. The van der Waals surface area contributed by atoms with Crippen LogP contribution in [0.15, 0.2) is 28.8 Å². The highest BCUT2D eigenvalue weighted by atomic mass is 16.2. The second kappa shape index (κ2) is 13.8. The van der Waals surface area contributed by atoms with Crippen molar-refractivity contribution in [2.45, 2.75) is 117 Å². The van der Waals surface area contributed by atoms with E-state index < -0.39 is 33.4 Å². The Morgan fingerprint density at radius 1 is 0.294 bits per heavy atom. The Morgan fingerprint density at radius 3 is 0.667 bits per heavy atom. The zero-order valence-electron chi connectivity index (χ0n) is 29.1. The number of fused-ring (bicyclic) bond motifs is 9. The first-order valence-corrected chi connectivity index (χ1v) is 18.1. The average molecular weight is 694 g/mol. The number of aromatic nitrogens is 9. The number of rotatable bonds is 15. The molecule has 15 nitrogen and oxygen atoms in total. The molecule has 0 bridgehead atoms. The summed E-state index contributed by atoms with van der Waals surface area (Å²) in [7, 11) is 0. The first-order valence-electron chi connectivity index (χ1n) is 18.1. The van der Waals surface area contributed by atoms with Crippen molar-refractivity contribution in [1.29, 1.82) is 0 Å². The lowest BCUT2D eigenvalue weighted by atomic mass is 10.1. The van der Waals surface area contributed by atoms with E-state index in [2.05, 4.69) is 50.7 Å². The molecule has 7 rings (SSSR count). The van der Waals surface area contributed by atoms with Gasteiger partial charge in [-0.2, -0.15) is 0 Å². The first kappa shape index (κ1) is 34.1. The van der Waals surface area contributed by atoms with Crippen molar-refractivity contribution in [3.05, 3.63) is 62.1 Å². The molecule has 6 aromatic heterocycles. The Balaban J connectivity index is 1.54. The van der Waals surface area contributed by atoms with Crippen LogP contribution in [-0.2, 0) is 19.6 Å². The number of nitrogens with zero attached hydrogens (tertiary/aromatic N) is 9. The van der Waals surface area contributed by atoms with Crippen LogP contribution in [-0.4, -0.2) is 43.6 Å². The van der Waals surface area contributed by atoms with Gasteiger partial charge in [0.15, 0.2) is 33.1 Å². The van der Waals surface area contributed by atoms with E-state index in [9.17, 15) is 28.8 Å². The summed E-state index contributed by atoms with van der Waals surface area (Å²) in [4.78, 5) is 109. The van der Waals surface area contributed by atoms with E-state index in [1.54, 1.807) is 0 Å². The van der Waals surface area contributed by atoms with E-state index in [1.807, 2.05) is 0 Å². The summed E-state index contributed by atoms with van der Waals surface area (Å²) < 4.78 is 3.36. The van der Waals surface area contributed by atoms with Gasteiger partial charge in [-0.25, -0.2) is 29.9 Å². The van der Waals surface area contributed by atoms with Gasteiger partial charge in [0.1, 0.15) is 33.1 Å². The molecule has 0 amide bonds. The molecule has 0 spiro atoms. The second-order valence-corrected chi connectivity index (χ2v) is 13.3. The SMILES string of the molecule is CCCCCCn1c(=O)c2nc3c4nc5c(=O)n(CCCCCC)c(=O)c5nc4c4nc5c(=O)n(CCCCCC)c(=O)c5nc4c3nc2c1=O. The molecule has 0 unspecified atom stereocenters. The molecule has 1 aromatic carbocycles. The Bertz CT molecular complexity index is 2310. The van der Waals surface area contributed by atoms with E-state index in [1.165, 1.54) is 0 Å². The van der Waals surface area contributed by atoms with Crippen molar-refractivity contribution in [1.82, 2.24) is 43.6 Å². The molecule has 0 saturated heterocycles. The first-order chi connectivity index (χ1) is 24.7. The van der Waals surface area contributed by atoms with E-state index in [-0.39, 0.29) is 85.8 Å².